The van der Waals surface area contributed by atoms with Gasteiger partial charge in [-0.1, -0.05) is 35.9 Å². The van der Waals surface area contributed by atoms with Crippen LogP contribution in [0.1, 0.15) is 40.7 Å². The van der Waals surface area contributed by atoms with Crippen molar-refractivity contribution in [3.63, 3.8) is 0 Å². The van der Waals surface area contributed by atoms with Crippen LogP contribution >= 0.6 is 0 Å². The molecule has 1 amide bonds. The summed E-state index contributed by atoms with van der Waals surface area (Å²) >= 11 is 0. The molecule has 2 heterocycles. The first-order chi connectivity index (χ1) is 12.7. The Bertz CT molecular complexity index is 775. The van der Waals surface area contributed by atoms with Crippen molar-refractivity contribution in [2.24, 2.45) is 0 Å². The van der Waals surface area contributed by atoms with E-state index in [9.17, 15) is 4.79 Å². The van der Waals surface area contributed by atoms with E-state index in [0.29, 0.717) is 18.7 Å². The van der Waals surface area contributed by atoms with Crippen molar-refractivity contribution < 1.29 is 9.53 Å². The summed E-state index contributed by atoms with van der Waals surface area (Å²) in [5.41, 5.74) is 3.09. The molecule has 0 radical (unpaired) electrons. The van der Waals surface area contributed by atoms with Crippen LogP contribution in [0.2, 0.25) is 0 Å². The highest BCUT2D eigenvalue weighted by atomic mass is 16.5. The van der Waals surface area contributed by atoms with Crippen LogP contribution in [0.15, 0.2) is 48.5 Å². The number of carbonyl (C=O) groups excluding carboxylic acids is 1. The number of aryl methyl sites for hydroxylation is 1. The summed E-state index contributed by atoms with van der Waals surface area (Å²) in [6.07, 6.45) is 3.28. The molecule has 0 aromatic heterocycles. The first kappa shape index (κ1) is 17.1. The third-order valence-electron chi connectivity index (χ3n) is 5.46. The lowest BCUT2D eigenvalue weighted by atomic mass is 10.1. The van der Waals surface area contributed by atoms with Crippen molar-refractivity contribution in [1.82, 2.24) is 10.2 Å². The van der Waals surface area contributed by atoms with Crippen LogP contribution in [-0.2, 0) is 6.61 Å². The summed E-state index contributed by atoms with van der Waals surface area (Å²) in [7, 11) is 0. The van der Waals surface area contributed by atoms with Gasteiger partial charge in [-0.2, -0.15) is 0 Å². The minimum atomic E-state index is 0.141. The van der Waals surface area contributed by atoms with Crippen LogP contribution in [0, 0.1) is 6.92 Å². The maximum Gasteiger partial charge on any atom is 0.254 e. The summed E-state index contributed by atoms with van der Waals surface area (Å²) < 4.78 is 5.94. The van der Waals surface area contributed by atoms with Gasteiger partial charge in [-0.3, -0.25) is 4.79 Å². The maximum atomic E-state index is 13.1. The lowest BCUT2D eigenvalue weighted by molar-refractivity contribution is 0.0680. The standard InChI is InChI=1S/C22H26N2O2/c1-16-4-2-5-17(12-16)15-26-21-7-3-6-18(13-21)22(25)24-19-8-9-20(24)14-23-11-10-19/h2-7,12-13,19-20,23H,8-11,14-15H2,1H3. The zero-order valence-corrected chi connectivity index (χ0v) is 15.3. The van der Waals surface area contributed by atoms with Crippen molar-refractivity contribution in [2.45, 2.75) is 44.9 Å². The first-order valence-electron chi connectivity index (χ1n) is 9.52. The van der Waals surface area contributed by atoms with Gasteiger partial charge < -0.3 is 15.0 Å². The van der Waals surface area contributed by atoms with Gasteiger partial charge in [0.25, 0.3) is 5.91 Å². The molecule has 2 aliphatic rings. The van der Waals surface area contributed by atoms with E-state index in [1.807, 2.05) is 30.3 Å². The molecule has 2 bridgehead atoms. The molecule has 2 saturated heterocycles. The molecule has 4 rings (SSSR count). The number of amides is 1. The molecule has 2 aliphatic heterocycles. The van der Waals surface area contributed by atoms with Crippen molar-refractivity contribution in [3.05, 3.63) is 65.2 Å². The smallest absolute Gasteiger partial charge is 0.254 e. The van der Waals surface area contributed by atoms with E-state index in [1.165, 1.54) is 5.56 Å². The van der Waals surface area contributed by atoms with Crippen molar-refractivity contribution in [3.8, 4) is 5.75 Å². The molecular weight excluding hydrogens is 324 g/mol. The van der Waals surface area contributed by atoms with Gasteiger partial charge in [-0.15, -0.1) is 0 Å². The predicted molar refractivity (Wildman–Crippen MR) is 102 cm³/mol. The predicted octanol–water partition coefficient (Wildman–Crippen LogP) is 3.54. The zero-order valence-electron chi connectivity index (χ0n) is 15.3. The van der Waals surface area contributed by atoms with Crippen LogP contribution < -0.4 is 10.1 Å². The average molecular weight is 350 g/mol. The van der Waals surface area contributed by atoms with Gasteiger partial charge >= 0.3 is 0 Å². The maximum absolute atomic E-state index is 13.1. The summed E-state index contributed by atoms with van der Waals surface area (Å²) in [6, 6.07) is 16.6. The van der Waals surface area contributed by atoms with Gasteiger partial charge in [0.1, 0.15) is 12.4 Å². The van der Waals surface area contributed by atoms with E-state index in [2.05, 4.69) is 35.3 Å². The Balaban J connectivity index is 1.47. The van der Waals surface area contributed by atoms with E-state index < -0.39 is 0 Å². The molecule has 136 valence electrons. The van der Waals surface area contributed by atoms with Crippen LogP contribution in [0.4, 0.5) is 0 Å². The molecule has 2 fully saturated rings. The number of nitrogens with one attached hydrogen (secondary N) is 1. The van der Waals surface area contributed by atoms with Gasteiger partial charge in [0.15, 0.2) is 0 Å². The quantitative estimate of drug-likeness (QED) is 0.917. The second-order valence-electron chi connectivity index (χ2n) is 7.40. The summed E-state index contributed by atoms with van der Waals surface area (Å²) in [6.45, 7) is 4.50. The Labute approximate surface area is 155 Å². The average Bonchev–Trinajstić information content (AvgIpc) is 2.92. The molecule has 2 aromatic rings. The minimum Gasteiger partial charge on any atom is -0.489 e. The summed E-state index contributed by atoms with van der Waals surface area (Å²) in [5.74, 6) is 0.889. The van der Waals surface area contributed by atoms with Crippen molar-refractivity contribution >= 4 is 5.91 Å². The monoisotopic (exact) mass is 350 g/mol. The number of ether oxygens (including phenoxy) is 1. The lowest BCUT2D eigenvalue weighted by Crippen LogP contribution is -2.42. The normalized spacial score (nSPS) is 22.1. The van der Waals surface area contributed by atoms with E-state index >= 15 is 0 Å². The second-order valence-corrected chi connectivity index (χ2v) is 7.40. The number of hydrogen-bond acceptors (Lipinski definition) is 3. The Morgan fingerprint density at radius 1 is 1.12 bits per heavy atom. The molecule has 4 nitrogen and oxygen atoms in total. The summed E-state index contributed by atoms with van der Waals surface area (Å²) in [4.78, 5) is 15.2. The Morgan fingerprint density at radius 2 is 1.96 bits per heavy atom. The number of carbonyl (C=O) groups is 1. The van der Waals surface area contributed by atoms with E-state index in [1.54, 1.807) is 0 Å². The fourth-order valence-electron chi connectivity index (χ4n) is 4.15. The molecule has 0 spiro atoms. The van der Waals surface area contributed by atoms with Gasteiger partial charge in [0.05, 0.1) is 0 Å². The largest absolute Gasteiger partial charge is 0.489 e. The zero-order chi connectivity index (χ0) is 17.9. The van der Waals surface area contributed by atoms with Gasteiger partial charge in [-0.05, 0) is 56.5 Å². The number of hydrogen-bond donors (Lipinski definition) is 1. The van der Waals surface area contributed by atoms with Crippen molar-refractivity contribution in [2.75, 3.05) is 13.1 Å². The molecule has 0 saturated carbocycles. The molecule has 4 heteroatoms. The number of fused-ring (bicyclic) bond motifs is 2. The SMILES string of the molecule is Cc1cccc(COc2cccc(C(=O)N3C4CCNCC3CC4)c2)c1. The number of nitrogens with zero attached hydrogens (tertiary/aromatic N) is 1. The molecule has 0 aliphatic carbocycles. The third kappa shape index (κ3) is 3.61. The highest BCUT2D eigenvalue weighted by Gasteiger charge is 2.38. The van der Waals surface area contributed by atoms with Crippen molar-refractivity contribution in [1.29, 1.82) is 0 Å². The lowest BCUT2D eigenvalue weighted by Gasteiger charge is -2.28. The van der Waals surface area contributed by atoms with Crippen LogP contribution in [0.5, 0.6) is 5.75 Å². The molecule has 2 atom stereocenters. The first-order valence-corrected chi connectivity index (χ1v) is 9.52. The van der Waals surface area contributed by atoms with Gasteiger partial charge in [0.2, 0.25) is 0 Å². The Morgan fingerprint density at radius 3 is 2.85 bits per heavy atom. The van der Waals surface area contributed by atoms with Gasteiger partial charge in [-0.25, -0.2) is 0 Å². The van der Waals surface area contributed by atoms with Crippen LogP contribution in [-0.4, -0.2) is 36.0 Å². The van der Waals surface area contributed by atoms with E-state index in [0.717, 1.165) is 49.2 Å². The Kier molecular flexibility index (Phi) is 4.93. The minimum absolute atomic E-state index is 0.141. The highest BCUT2D eigenvalue weighted by Crippen LogP contribution is 2.30. The molecular formula is C22H26N2O2. The fourth-order valence-corrected chi connectivity index (χ4v) is 4.15. The molecule has 2 unspecified atom stereocenters. The fraction of sp³-hybridized carbons (Fsp3) is 0.409. The highest BCUT2D eigenvalue weighted by molar-refractivity contribution is 5.95. The number of benzene rings is 2. The van der Waals surface area contributed by atoms with E-state index in [-0.39, 0.29) is 5.91 Å². The third-order valence-corrected chi connectivity index (χ3v) is 5.46. The van der Waals surface area contributed by atoms with Crippen LogP contribution in [0.3, 0.4) is 0 Å². The molecule has 26 heavy (non-hydrogen) atoms. The second kappa shape index (κ2) is 7.50. The number of rotatable bonds is 4. The topological polar surface area (TPSA) is 41.6 Å². The molecule has 2 aromatic carbocycles. The van der Waals surface area contributed by atoms with E-state index in [4.69, 9.17) is 4.74 Å². The molecule has 1 N–H and O–H groups in total. The Hall–Kier alpha value is -2.33. The van der Waals surface area contributed by atoms with Gasteiger partial charge in [0, 0.05) is 24.2 Å². The van der Waals surface area contributed by atoms with Crippen LogP contribution in [0.25, 0.3) is 0 Å². The summed E-state index contributed by atoms with van der Waals surface area (Å²) in [5, 5.41) is 3.45.